The molecule has 0 radical (unpaired) electrons. The summed E-state index contributed by atoms with van der Waals surface area (Å²) in [5.74, 6) is -1.21. The van der Waals surface area contributed by atoms with Crippen LogP contribution in [0.4, 0.5) is 4.79 Å². The minimum Gasteiger partial charge on any atom is -0.452 e. The highest BCUT2D eigenvalue weighted by atomic mass is 16.5. The van der Waals surface area contributed by atoms with Gasteiger partial charge in [-0.2, -0.15) is 0 Å². The van der Waals surface area contributed by atoms with Crippen LogP contribution in [0.3, 0.4) is 0 Å². The lowest BCUT2D eigenvalue weighted by Gasteiger charge is -2.09. The molecule has 132 valence electrons. The molecule has 2 aromatic rings. The van der Waals surface area contributed by atoms with E-state index in [0.717, 1.165) is 0 Å². The Labute approximate surface area is 144 Å². The topological polar surface area (TPSA) is 111 Å². The Morgan fingerprint density at radius 2 is 1.88 bits per heavy atom. The van der Waals surface area contributed by atoms with Gasteiger partial charge in [-0.3, -0.25) is 10.1 Å². The van der Waals surface area contributed by atoms with Gasteiger partial charge in [0.25, 0.3) is 5.91 Å². The summed E-state index contributed by atoms with van der Waals surface area (Å²) in [4.78, 5) is 35.4. The lowest BCUT2D eigenvalue weighted by Crippen LogP contribution is -2.44. The van der Waals surface area contributed by atoms with Crippen molar-refractivity contribution in [2.75, 3.05) is 6.61 Å². The van der Waals surface area contributed by atoms with Gasteiger partial charge in [0.05, 0.1) is 0 Å². The smallest absolute Gasteiger partial charge is 0.344 e. The first kappa shape index (κ1) is 18.2. The van der Waals surface area contributed by atoms with Crippen LogP contribution in [0.25, 0.3) is 11.3 Å². The molecule has 0 bridgehead atoms. The molecular formula is C17H19N3O5. The Morgan fingerprint density at radius 3 is 2.52 bits per heavy atom. The molecule has 0 spiro atoms. The maximum atomic E-state index is 12.3. The van der Waals surface area contributed by atoms with Crippen molar-refractivity contribution in [1.82, 2.24) is 15.8 Å². The average Bonchev–Trinajstić information content (AvgIpc) is 2.94. The van der Waals surface area contributed by atoms with E-state index in [-0.39, 0.29) is 17.4 Å². The van der Waals surface area contributed by atoms with Crippen molar-refractivity contribution < 1.29 is 23.6 Å². The number of carbonyl (C=O) groups is 3. The molecule has 2 N–H and O–H groups in total. The molecular weight excluding hydrogens is 326 g/mol. The third-order valence-electron chi connectivity index (χ3n) is 3.12. The Hall–Kier alpha value is -3.16. The number of urea groups is 1. The Bertz CT molecular complexity index is 768. The average molecular weight is 345 g/mol. The zero-order chi connectivity index (χ0) is 18.4. The largest absolute Gasteiger partial charge is 0.452 e. The number of amides is 3. The van der Waals surface area contributed by atoms with Gasteiger partial charge in [-0.15, -0.1) is 0 Å². The second-order valence-electron chi connectivity index (χ2n) is 5.58. The van der Waals surface area contributed by atoms with Crippen LogP contribution in [0, 0.1) is 6.92 Å². The van der Waals surface area contributed by atoms with E-state index in [0.29, 0.717) is 11.3 Å². The van der Waals surface area contributed by atoms with E-state index in [4.69, 9.17) is 9.26 Å². The van der Waals surface area contributed by atoms with Crippen LogP contribution >= 0.6 is 0 Å². The molecule has 8 nitrogen and oxygen atoms in total. The summed E-state index contributed by atoms with van der Waals surface area (Å²) in [5, 5.41) is 8.43. The number of benzene rings is 1. The van der Waals surface area contributed by atoms with Crippen molar-refractivity contribution in [2.45, 2.75) is 26.8 Å². The predicted molar refractivity (Wildman–Crippen MR) is 88.8 cm³/mol. The second kappa shape index (κ2) is 8.09. The van der Waals surface area contributed by atoms with Gasteiger partial charge >= 0.3 is 12.0 Å². The lowest BCUT2D eigenvalue weighted by molar-refractivity contribution is -0.123. The highest BCUT2D eigenvalue weighted by Gasteiger charge is 2.23. The van der Waals surface area contributed by atoms with Crippen LogP contribution in [0.1, 0.15) is 30.0 Å². The molecule has 1 heterocycles. The van der Waals surface area contributed by atoms with Gasteiger partial charge < -0.3 is 14.6 Å². The van der Waals surface area contributed by atoms with Crippen molar-refractivity contribution in [1.29, 1.82) is 0 Å². The van der Waals surface area contributed by atoms with E-state index in [1.165, 1.54) is 0 Å². The van der Waals surface area contributed by atoms with E-state index < -0.39 is 24.5 Å². The van der Waals surface area contributed by atoms with Gasteiger partial charge in [0.1, 0.15) is 17.0 Å². The van der Waals surface area contributed by atoms with Crippen LogP contribution in [0.2, 0.25) is 0 Å². The molecule has 8 heteroatoms. The van der Waals surface area contributed by atoms with Crippen molar-refractivity contribution >= 4 is 17.9 Å². The van der Waals surface area contributed by atoms with Crippen LogP contribution in [-0.2, 0) is 9.53 Å². The van der Waals surface area contributed by atoms with E-state index in [9.17, 15) is 14.4 Å². The molecule has 0 fully saturated rings. The van der Waals surface area contributed by atoms with E-state index in [1.807, 2.05) is 6.07 Å². The summed E-state index contributed by atoms with van der Waals surface area (Å²) < 4.78 is 10.0. The normalized spacial score (nSPS) is 10.4. The van der Waals surface area contributed by atoms with Crippen molar-refractivity contribution in [3.05, 3.63) is 41.7 Å². The zero-order valence-corrected chi connectivity index (χ0v) is 14.2. The Balaban J connectivity index is 2.01. The summed E-state index contributed by atoms with van der Waals surface area (Å²) in [7, 11) is 0. The molecule has 0 saturated carbocycles. The molecule has 1 aromatic carbocycles. The summed E-state index contributed by atoms with van der Waals surface area (Å²) in [5.41, 5.74) is 1.17. The fraction of sp³-hybridized carbons (Fsp3) is 0.294. The predicted octanol–water partition coefficient (Wildman–Crippen LogP) is 2.04. The Morgan fingerprint density at radius 1 is 1.20 bits per heavy atom. The van der Waals surface area contributed by atoms with Crippen LogP contribution in [0.15, 0.2) is 34.9 Å². The summed E-state index contributed by atoms with van der Waals surface area (Å²) >= 11 is 0. The number of hydrogen-bond donors (Lipinski definition) is 2. The van der Waals surface area contributed by atoms with Crippen molar-refractivity contribution in [3.8, 4) is 11.3 Å². The summed E-state index contributed by atoms with van der Waals surface area (Å²) in [6, 6.07) is 8.21. The summed E-state index contributed by atoms with van der Waals surface area (Å²) in [6.45, 7) is 4.49. The van der Waals surface area contributed by atoms with Gasteiger partial charge in [-0.1, -0.05) is 35.5 Å². The SMILES string of the molecule is Cc1onc(-c2ccccc2)c1C(=O)OCC(=O)NC(=O)NC(C)C. The summed E-state index contributed by atoms with van der Waals surface area (Å²) in [6.07, 6.45) is 0. The van der Waals surface area contributed by atoms with E-state index >= 15 is 0 Å². The third-order valence-corrected chi connectivity index (χ3v) is 3.12. The fourth-order valence-corrected chi connectivity index (χ4v) is 2.07. The minimum atomic E-state index is -0.753. The molecule has 0 unspecified atom stereocenters. The molecule has 0 saturated heterocycles. The number of imide groups is 1. The van der Waals surface area contributed by atoms with Gasteiger partial charge in [-0.05, 0) is 20.8 Å². The number of nitrogens with zero attached hydrogens (tertiary/aromatic N) is 1. The van der Waals surface area contributed by atoms with Gasteiger partial charge in [0.15, 0.2) is 6.61 Å². The van der Waals surface area contributed by atoms with Crippen molar-refractivity contribution in [3.63, 3.8) is 0 Å². The van der Waals surface area contributed by atoms with Crippen LogP contribution in [-0.4, -0.2) is 35.7 Å². The maximum absolute atomic E-state index is 12.3. The van der Waals surface area contributed by atoms with Gasteiger partial charge in [0, 0.05) is 11.6 Å². The fourth-order valence-electron chi connectivity index (χ4n) is 2.07. The molecule has 1 aromatic heterocycles. The number of esters is 1. The Kier molecular flexibility index (Phi) is 5.89. The molecule has 0 aliphatic rings. The van der Waals surface area contributed by atoms with Crippen LogP contribution < -0.4 is 10.6 Å². The lowest BCUT2D eigenvalue weighted by atomic mass is 10.1. The number of ether oxygens (including phenoxy) is 1. The van der Waals surface area contributed by atoms with Crippen molar-refractivity contribution in [2.24, 2.45) is 0 Å². The zero-order valence-electron chi connectivity index (χ0n) is 14.2. The second-order valence-corrected chi connectivity index (χ2v) is 5.58. The number of rotatable bonds is 5. The molecule has 0 atom stereocenters. The molecule has 3 amide bonds. The highest BCUT2D eigenvalue weighted by molar-refractivity contribution is 5.99. The van der Waals surface area contributed by atoms with Gasteiger partial charge in [-0.25, -0.2) is 9.59 Å². The first-order valence-electron chi connectivity index (χ1n) is 7.67. The number of carbonyl (C=O) groups excluding carboxylic acids is 3. The number of aromatic nitrogens is 1. The maximum Gasteiger partial charge on any atom is 0.344 e. The van der Waals surface area contributed by atoms with Crippen LogP contribution in [0.5, 0.6) is 0 Å². The quantitative estimate of drug-likeness (QED) is 0.802. The van der Waals surface area contributed by atoms with E-state index in [1.54, 1.807) is 45.0 Å². The third kappa shape index (κ3) is 4.90. The molecule has 25 heavy (non-hydrogen) atoms. The van der Waals surface area contributed by atoms with E-state index in [2.05, 4.69) is 15.8 Å². The number of nitrogens with one attached hydrogen (secondary N) is 2. The first-order chi connectivity index (χ1) is 11.9. The molecule has 2 rings (SSSR count). The van der Waals surface area contributed by atoms with Gasteiger partial charge in [0.2, 0.25) is 0 Å². The first-order valence-corrected chi connectivity index (χ1v) is 7.67. The minimum absolute atomic E-state index is 0.122. The molecule has 0 aliphatic carbocycles. The number of hydrogen-bond acceptors (Lipinski definition) is 6. The number of aryl methyl sites for hydroxylation is 1. The highest BCUT2D eigenvalue weighted by Crippen LogP contribution is 2.25. The monoisotopic (exact) mass is 345 g/mol. The standard InChI is InChI=1S/C17H19N3O5/c1-10(2)18-17(23)19-13(21)9-24-16(22)14-11(3)25-20-15(14)12-7-5-4-6-8-12/h4-8,10H,9H2,1-3H3,(H2,18,19,21,23). The molecule has 0 aliphatic heterocycles.